The summed E-state index contributed by atoms with van der Waals surface area (Å²) in [4.78, 5) is 23.4. The minimum Gasteiger partial charge on any atom is -0.481 e. The third-order valence-corrected chi connectivity index (χ3v) is 3.54. The number of benzene rings is 2. The summed E-state index contributed by atoms with van der Waals surface area (Å²) in [6.07, 6.45) is 0. The summed E-state index contributed by atoms with van der Waals surface area (Å²) in [5.74, 6) is 0.235. The molecular weight excluding hydrogens is 282 g/mol. The van der Waals surface area contributed by atoms with Gasteiger partial charge in [-0.3, -0.25) is 4.79 Å². The first kappa shape index (κ1) is 14.1. The Morgan fingerprint density at radius 2 is 1.95 bits per heavy atom. The maximum atomic E-state index is 12.2. The molecule has 3 rings (SSSR count). The number of hydrogen-bond acceptors (Lipinski definition) is 4. The molecule has 0 atom stereocenters. The van der Waals surface area contributed by atoms with Crippen molar-refractivity contribution in [1.82, 2.24) is 0 Å². The number of ether oxygens (including phenoxy) is 2. The zero-order valence-electron chi connectivity index (χ0n) is 12.3. The first-order valence-corrected chi connectivity index (χ1v) is 6.89. The van der Waals surface area contributed by atoms with Crippen molar-refractivity contribution >= 4 is 17.6 Å². The van der Waals surface area contributed by atoms with Crippen molar-refractivity contribution in [2.45, 2.75) is 13.8 Å². The highest BCUT2D eigenvalue weighted by molar-refractivity contribution is 5.96. The predicted octanol–water partition coefficient (Wildman–Crippen LogP) is 2.85. The highest BCUT2D eigenvalue weighted by Crippen LogP contribution is 2.31. The highest BCUT2D eigenvalue weighted by atomic mass is 16.5. The first-order valence-electron chi connectivity index (χ1n) is 6.89. The predicted molar refractivity (Wildman–Crippen MR) is 81.4 cm³/mol. The quantitative estimate of drug-likeness (QED) is 0.684. The number of carbonyl (C=O) groups is 2. The van der Waals surface area contributed by atoms with Gasteiger partial charge in [-0.2, -0.15) is 0 Å². The molecule has 2 aromatic carbocycles. The Morgan fingerprint density at radius 1 is 1.14 bits per heavy atom. The van der Waals surface area contributed by atoms with Crippen LogP contribution in [0.1, 0.15) is 21.5 Å². The Morgan fingerprint density at radius 3 is 2.73 bits per heavy atom. The lowest BCUT2D eigenvalue weighted by Crippen LogP contribution is -2.25. The summed E-state index contributed by atoms with van der Waals surface area (Å²) in [6, 6.07) is 10.3. The number of esters is 1. The van der Waals surface area contributed by atoms with Gasteiger partial charge >= 0.3 is 5.97 Å². The Hall–Kier alpha value is -2.82. The van der Waals surface area contributed by atoms with Crippen LogP contribution in [0.4, 0.5) is 5.69 Å². The number of anilines is 1. The minimum absolute atomic E-state index is 0.0401. The van der Waals surface area contributed by atoms with Crippen molar-refractivity contribution in [3.05, 3.63) is 53.1 Å². The lowest BCUT2D eigenvalue weighted by molar-refractivity contribution is -0.118. The molecule has 1 heterocycles. The Balaban J connectivity index is 1.79. The molecule has 22 heavy (non-hydrogen) atoms. The van der Waals surface area contributed by atoms with Gasteiger partial charge in [0, 0.05) is 6.07 Å². The molecule has 0 bridgehead atoms. The fraction of sp³-hybridized carbons (Fsp3) is 0.176. The van der Waals surface area contributed by atoms with Crippen LogP contribution < -0.4 is 14.8 Å². The maximum Gasteiger partial charge on any atom is 0.343 e. The van der Waals surface area contributed by atoms with Crippen LogP contribution in [0.25, 0.3) is 0 Å². The van der Waals surface area contributed by atoms with Gasteiger partial charge in [0.05, 0.1) is 11.3 Å². The molecule has 2 aromatic rings. The van der Waals surface area contributed by atoms with E-state index in [4.69, 9.17) is 9.47 Å². The lowest BCUT2D eigenvalue weighted by atomic mass is 10.1. The molecule has 5 nitrogen and oxygen atoms in total. The molecule has 112 valence electrons. The van der Waals surface area contributed by atoms with Gasteiger partial charge in [0.2, 0.25) is 0 Å². The Kier molecular flexibility index (Phi) is 3.55. The normalized spacial score (nSPS) is 12.9. The third-order valence-electron chi connectivity index (χ3n) is 3.54. The van der Waals surface area contributed by atoms with Crippen molar-refractivity contribution in [2.75, 3.05) is 11.9 Å². The zero-order chi connectivity index (χ0) is 15.7. The Labute approximate surface area is 127 Å². The van der Waals surface area contributed by atoms with Crippen LogP contribution in [0, 0.1) is 13.8 Å². The average molecular weight is 297 g/mol. The summed E-state index contributed by atoms with van der Waals surface area (Å²) >= 11 is 0. The summed E-state index contributed by atoms with van der Waals surface area (Å²) in [5.41, 5.74) is 3.22. The van der Waals surface area contributed by atoms with E-state index in [0.29, 0.717) is 22.7 Å². The molecule has 0 unspecified atom stereocenters. The van der Waals surface area contributed by atoms with Gasteiger partial charge in [-0.15, -0.1) is 0 Å². The topological polar surface area (TPSA) is 64.6 Å². The Bertz CT molecular complexity index is 767. The van der Waals surface area contributed by atoms with Crippen molar-refractivity contribution in [3.8, 4) is 11.5 Å². The van der Waals surface area contributed by atoms with E-state index in [0.717, 1.165) is 11.1 Å². The van der Waals surface area contributed by atoms with Crippen molar-refractivity contribution in [2.24, 2.45) is 0 Å². The van der Waals surface area contributed by atoms with Crippen LogP contribution in [-0.4, -0.2) is 18.5 Å². The maximum absolute atomic E-state index is 12.2. The van der Waals surface area contributed by atoms with Crippen LogP contribution in [-0.2, 0) is 4.79 Å². The summed E-state index contributed by atoms with van der Waals surface area (Å²) in [6.45, 7) is 3.89. The van der Waals surface area contributed by atoms with Gasteiger partial charge in [0.1, 0.15) is 11.5 Å². The number of aryl methyl sites for hydroxylation is 2. The standard InChI is InChI=1S/C17H15NO4/c1-10-3-4-12(7-11(10)2)17(20)22-13-5-6-14-15(8-13)21-9-16(19)18-14/h3-8H,9H2,1-2H3,(H,18,19). The van der Waals surface area contributed by atoms with E-state index in [1.165, 1.54) is 0 Å². The zero-order valence-corrected chi connectivity index (χ0v) is 12.3. The monoisotopic (exact) mass is 297 g/mol. The summed E-state index contributed by atoms with van der Waals surface area (Å²) in [7, 11) is 0. The van der Waals surface area contributed by atoms with Crippen LogP contribution in [0.3, 0.4) is 0 Å². The fourth-order valence-electron chi connectivity index (χ4n) is 2.15. The SMILES string of the molecule is Cc1ccc(C(=O)Oc2ccc3c(c2)OCC(=O)N3)cc1C. The van der Waals surface area contributed by atoms with Crippen molar-refractivity contribution < 1.29 is 19.1 Å². The molecule has 0 saturated carbocycles. The van der Waals surface area contributed by atoms with E-state index in [1.54, 1.807) is 30.3 Å². The largest absolute Gasteiger partial charge is 0.481 e. The number of hydrogen-bond donors (Lipinski definition) is 1. The van der Waals surface area contributed by atoms with E-state index in [-0.39, 0.29) is 12.5 Å². The number of amides is 1. The summed E-state index contributed by atoms with van der Waals surface area (Å²) in [5, 5.41) is 2.68. The van der Waals surface area contributed by atoms with E-state index >= 15 is 0 Å². The van der Waals surface area contributed by atoms with E-state index in [9.17, 15) is 9.59 Å². The van der Waals surface area contributed by atoms with Gasteiger partial charge in [0.15, 0.2) is 6.61 Å². The highest BCUT2D eigenvalue weighted by Gasteiger charge is 2.17. The number of nitrogens with one attached hydrogen (secondary N) is 1. The second-order valence-electron chi connectivity index (χ2n) is 5.18. The minimum atomic E-state index is -0.428. The van der Waals surface area contributed by atoms with Crippen LogP contribution in [0.2, 0.25) is 0 Å². The van der Waals surface area contributed by atoms with Gasteiger partial charge in [-0.1, -0.05) is 6.07 Å². The molecule has 0 aliphatic carbocycles. The third kappa shape index (κ3) is 2.79. The molecule has 5 heteroatoms. The molecule has 0 radical (unpaired) electrons. The second kappa shape index (κ2) is 5.52. The molecule has 1 amide bonds. The summed E-state index contributed by atoms with van der Waals surface area (Å²) < 4.78 is 10.7. The molecule has 1 aliphatic rings. The number of carbonyl (C=O) groups excluding carboxylic acids is 2. The molecule has 0 fully saturated rings. The number of rotatable bonds is 2. The molecule has 0 saturated heterocycles. The van der Waals surface area contributed by atoms with E-state index < -0.39 is 5.97 Å². The lowest BCUT2D eigenvalue weighted by Gasteiger charge is -2.18. The smallest absolute Gasteiger partial charge is 0.343 e. The van der Waals surface area contributed by atoms with Gasteiger partial charge in [-0.05, 0) is 49.2 Å². The van der Waals surface area contributed by atoms with Crippen molar-refractivity contribution in [1.29, 1.82) is 0 Å². The fourth-order valence-corrected chi connectivity index (χ4v) is 2.15. The van der Waals surface area contributed by atoms with Gasteiger partial charge in [-0.25, -0.2) is 4.79 Å². The molecule has 1 N–H and O–H groups in total. The van der Waals surface area contributed by atoms with Crippen LogP contribution >= 0.6 is 0 Å². The first-order chi connectivity index (χ1) is 10.5. The van der Waals surface area contributed by atoms with Crippen LogP contribution in [0.5, 0.6) is 11.5 Å². The molecule has 1 aliphatic heterocycles. The molecule has 0 spiro atoms. The van der Waals surface area contributed by atoms with E-state index in [2.05, 4.69) is 5.32 Å². The number of fused-ring (bicyclic) bond motifs is 1. The van der Waals surface area contributed by atoms with E-state index in [1.807, 2.05) is 19.9 Å². The van der Waals surface area contributed by atoms with Crippen molar-refractivity contribution in [3.63, 3.8) is 0 Å². The average Bonchev–Trinajstić information content (AvgIpc) is 2.50. The van der Waals surface area contributed by atoms with Gasteiger partial charge < -0.3 is 14.8 Å². The second-order valence-corrected chi connectivity index (χ2v) is 5.18. The molecular formula is C17H15NO4. The molecule has 0 aromatic heterocycles. The van der Waals surface area contributed by atoms with Gasteiger partial charge in [0.25, 0.3) is 5.91 Å². The van der Waals surface area contributed by atoms with Crippen LogP contribution in [0.15, 0.2) is 36.4 Å².